The number of likely N-dealkylation sites (tertiary alicyclic amines) is 1. The number of nitrogens with zero attached hydrogens (tertiary/aromatic N) is 4. The molecule has 1 fully saturated rings. The van der Waals surface area contributed by atoms with Gasteiger partial charge in [0, 0.05) is 25.2 Å². The predicted molar refractivity (Wildman–Crippen MR) is 69.6 cm³/mol. The van der Waals surface area contributed by atoms with Crippen molar-refractivity contribution in [1.29, 1.82) is 0 Å². The highest BCUT2D eigenvalue weighted by molar-refractivity contribution is 7.14. The van der Waals surface area contributed by atoms with Crippen molar-refractivity contribution in [2.24, 2.45) is 5.73 Å². The molecule has 1 saturated heterocycles. The fourth-order valence-corrected chi connectivity index (χ4v) is 2.99. The molecule has 1 aliphatic heterocycles. The third-order valence-electron chi connectivity index (χ3n) is 3.17. The lowest BCUT2D eigenvalue weighted by molar-refractivity contribution is 0.199. The summed E-state index contributed by atoms with van der Waals surface area (Å²) in [5.74, 6) is 0. The minimum Gasteiger partial charge on any atom is -0.327 e. The molecule has 0 radical (unpaired) electrons. The second kappa shape index (κ2) is 4.75. The van der Waals surface area contributed by atoms with E-state index in [1.54, 1.807) is 11.6 Å². The van der Waals surface area contributed by atoms with Gasteiger partial charge in [-0.15, -0.1) is 0 Å². The number of rotatable bonds is 2. The number of hydrogen-bond acceptors (Lipinski definition) is 6. The van der Waals surface area contributed by atoms with Crippen LogP contribution in [0, 0.1) is 0 Å². The molecule has 0 bridgehead atoms. The minimum atomic E-state index is -0.113. The Hall–Kier alpha value is -1.31. The number of piperidine rings is 1. The van der Waals surface area contributed by atoms with Crippen LogP contribution in [-0.4, -0.2) is 38.6 Å². The molecule has 2 aromatic rings. The molecular formula is C11H15N5OS. The first-order valence-electron chi connectivity index (χ1n) is 6.03. The Morgan fingerprint density at radius 3 is 3.28 bits per heavy atom. The van der Waals surface area contributed by atoms with Gasteiger partial charge in [-0.25, -0.2) is 4.98 Å². The van der Waals surface area contributed by atoms with E-state index in [-0.39, 0.29) is 11.6 Å². The summed E-state index contributed by atoms with van der Waals surface area (Å²) in [5.41, 5.74) is 8.27. The quantitative estimate of drug-likeness (QED) is 0.832. The highest BCUT2D eigenvalue weighted by Crippen LogP contribution is 2.12. The molecule has 0 spiro atoms. The van der Waals surface area contributed by atoms with E-state index in [4.69, 9.17) is 5.73 Å². The fourth-order valence-electron chi connectivity index (χ4n) is 2.35. The van der Waals surface area contributed by atoms with Gasteiger partial charge in [0.25, 0.3) is 5.56 Å². The smallest absolute Gasteiger partial charge is 0.275 e. The van der Waals surface area contributed by atoms with Gasteiger partial charge in [-0.3, -0.25) is 9.69 Å². The molecule has 96 valence electrons. The van der Waals surface area contributed by atoms with E-state index < -0.39 is 0 Å². The van der Waals surface area contributed by atoms with Crippen LogP contribution in [0.1, 0.15) is 18.5 Å². The second-order valence-electron chi connectivity index (χ2n) is 4.66. The first kappa shape index (κ1) is 11.8. The SMILES string of the molecule is N[C@@H]1CCCN(Cc2cc(=O)n3ncsc3n2)C1. The largest absolute Gasteiger partial charge is 0.327 e. The fraction of sp³-hybridized carbons (Fsp3) is 0.545. The average molecular weight is 265 g/mol. The van der Waals surface area contributed by atoms with Gasteiger partial charge in [0.05, 0.1) is 5.69 Å². The summed E-state index contributed by atoms with van der Waals surface area (Å²) in [6.45, 7) is 2.60. The monoisotopic (exact) mass is 265 g/mol. The maximum Gasteiger partial charge on any atom is 0.275 e. The van der Waals surface area contributed by atoms with Gasteiger partial charge in [-0.05, 0) is 19.4 Å². The Labute approximate surface area is 108 Å². The number of nitrogens with two attached hydrogens (primary N) is 1. The van der Waals surface area contributed by atoms with E-state index in [9.17, 15) is 4.79 Å². The molecule has 0 saturated carbocycles. The summed E-state index contributed by atoms with van der Waals surface area (Å²) >= 11 is 1.38. The highest BCUT2D eigenvalue weighted by Gasteiger charge is 2.17. The van der Waals surface area contributed by atoms with Gasteiger partial charge in [0.15, 0.2) is 0 Å². The summed E-state index contributed by atoms with van der Waals surface area (Å²) in [5, 5.41) is 3.94. The molecule has 0 aliphatic carbocycles. The molecule has 0 amide bonds. The lowest BCUT2D eigenvalue weighted by Gasteiger charge is -2.30. The Morgan fingerprint density at radius 2 is 2.44 bits per heavy atom. The van der Waals surface area contributed by atoms with E-state index in [0.29, 0.717) is 11.5 Å². The van der Waals surface area contributed by atoms with Crippen LogP contribution in [0.3, 0.4) is 0 Å². The molecule has 0 aromatic carbocycles. The topological polar surface area (TPSA) is 76.5 Å². The van der Waals surface area contributed by atoms with Crippen molar-refractivity contribution in [2.75, 3.05) is 13.1 Å². The van der Waals surface area contributed by atoms with Gasteiger partial charge in [0.2, 0.25) is 4.96 Å². The van der Waals surface area contributed by atoms with Crippen LogP contribution < -0.4 is 11.3 Å². The maximum absolute atomic E-state index is 11.8. The molecule has 18 heavy (non-hydrogen) atoms. The van der Waals surface area contributed by atoms with Gasteiger partial charge in [-0.2, -0.15) is 9.61 Å². The van der Waals surface area contributed by atoms with Crippen LogP contribution in [0.5, 0.6) is 0 Å². The number of aromatic nitrogens is 3. The third-order valence-corrected chi connectivity index (χ3v) is 3.84. The van der Waals surface area contributed by atoms with Crippen molar-refractivity contribution < 1.29 is 0 Å². The molecule has 2 N–H and O–H groups in total. The Kier molecular flexibility index (Phi) is 3.11. The van der Waals surface area contributed by atoms with Crippen molar-refractivity contribution in [3.05, 3.63) is 27.6 Å². The van der Waals surface area contributed by atoms with Gasteiger partial charge in [-0.1, -0.05) is 11.3 Å². The summed E-state index contributed by atoms with van der Waals surface area (Å²) in [6, 6.07) is 1.80. The van der Waals surface area contributed by atoms with E-state index in [1.165, 1.54) is 15.9 Å². The zero-order valence-corrected chi connectivity index (χ0v) is 10.8. The third kappa shape index (κ3) is 2.29. The summed E-state index contributed by atoms with van der Waals surface area (Å²) in [4.78, 5) is 19.2. The molecule has 6 nitrogen and oxygen atoms in total. The Balaban J connectivity index is 1.83. The van der Waals surface area contributed by atoms with Crippen LogP contribution in [0.2, 0.25) is 0 Å². The predicted octanol–water partition coefficient (Wildman–Crippen LogP) is 0.0741. The number of hydrogen-bond donors (Lipinski definition) is 1. The van der Waals surface area contributed by atoms with Crippen molar-refractivity contribution in [3.8, 4) is 0 Å². The van der Waals surface area contributed by atoms with Crippen molar-refractivity contribution in [3.63, 3.8) is 0 Å². The van der Waals surface area contributed by atoms with Crippen molar-refractivity contribution >= 4 is 16.3 Å². The molecular weight excluding hydrogens is 250 g/mol. The first-order valence-corrected chi connectivity index (χ1v) is 6.91. The van der Waals surface area contributed by atoms with Gasteiger partial charge < -0.3 is 5.73 Å². The maximum atomic E-state index is 11.8. The summed E-state index contributed by atoms with van der Waals surface area (Å²) < 4.78 is 1.33. The van der Waals surface area contributed by atoms with Crippen LogP contribution in [-0.2, 0) is 6.54 Å². The van der Waals surface area contributed by atoms with Crippen LogP contribution in [0.25, 0.3) is 4.96 Å². The standard InChI is InChI=1S/C11H15N5OS/c12-8-2-1-3-15(5-8)6-9-4-10(17)16-11(14-9)18-7-13-16/h4,7-8H,1-3,5-6,12H2/t8-/m1/s1. The zero-order chi connectivity index (χ0) is 12.5. The zero-order valence-electron chi connectivity index (χ0n) is 9.95. The van der Waals surface area contributed by atoms with E-state index in [0.717, 1.165) is 31.6 Å². The van der Waals surface area contributed by atoms with E-state index >= 15 is 0 Å². The van der Waals surface area contributed by atoms with Crippen LogP contribution in [0.15, 0.2) is 16.4 Å². The molecule has 2 aromatic heterocycles. The molecule has 1 aliphatic rings. The van der Waals surface area contributed by atoms with E-state index in [2.05, 4.69) is 15.0 Å². The lowest BCUT2D eigenvalue weighted by Crippen LogP contribution is -2.42. The summed E-state index contributed by atoms with van der Waals surface area (Å²) in [6.07, 6.45) is 2.20. The average Bonchev–Trinajstić information content (AvgIpc) is 2.77. The lowest BCUT2D eigenvalue weighted by atomic mass is 10.1. The van der Waals surface area contributed by atoms with Gasteiger partial charge >= 0.3 is 0 Å². The first-order chi connectivity index (χ1) is 8.72. The van der Waals surface area contributed by atoms with Crippen LogP contribution in [0.4, 0.5) is 0 Å². The van der Waals surface area contributed by atoms with Gasteiger partial charge in [0.1, 0.15) is 5.51 Å². The Bertz CT molecular complexity index is 607. The van der Waals surface area contributed by atoms with Crippen molar-refractivity contribution in [1.82, 2.24) is 19.5 Å². The number of fused-ring (bicyclic) bond motifs is 1. The van der Waals surface area contributed by atoms with Crippen molar-refractivity contribution in [2.45, 2.75) is 25.4 Å². The molecule has 7 heteroatoms. The van der Waals surface area contributed by atoms with Crippen LogP contribution >= 0.6 is 11.3 Å². The molecule has 1 atom stereocenters. The van der Waals surface area contributed by atoms with E-state index in [1.807, 2.05) is 0 Å². The second-order valence-corrected chi connectivity index (χ2v) is 5.47. The molecule has 3 rings (SSSR count). The molecule has 3 heterocycles. The molecule has 0 unspecified atom stereocenters. The highest BCUT2D eigenvalue weighted by atomic mass is 32.1. The minimum absolute atomic E-state index is 0.113. The normalized spacial score (nSPS) is 21.5. The Morgan fingerprint density at radius 1 is 1.56 bits per heavy atom. The summed E-state index contributed by atoms with van der Waals surface area (Å²) in [7, 11) is 0.